The first-order valence-corrected chi connectivity index (χ1v) is 19.8. The molecule has 0 aliphatic carbocycles. The molecule has 2 rings (SSSR count). The van der Waals surface area contributed by atoms with Gasteiger partial charge in [-0.05, 0) is 74.5 Å². The Morgan fingerprint density at radius 3 is 1.49 bits per heavy atom. The van der Waals surface area contributed by atoms with Gasteiger partial charge in [0.05, 0.1) is 46.0 Å². The average molecular weight is 778 g/mol. The third-order valence-corrected chi connectivity index (χ3v) is 9.42. The van der Waals surface area contributed by atoms with Crippen molar-refractivity contribution in [1.82, 2.24) is 4.90 Å². The van der Waals surface area contributed by atoms with Gasteiger partial charge in [-0.3, -0.25) is 28.9 Å². The van der Waals surface area contributed by atoms with Gasteiger partial charge < -0.3 is 28.8 Å². The Balaban J connectivity index is 0.000000580. The first kappa shape index (κ1) is 49.3. The van der Waals surface area contributed by atoms with Crippen LogP contribution < -0.4 is 0 Å². The molecule has 1 fully saturated rings. The van der Waals surface area contributed by atoms with Gasteiger partial charge in [0.15, 0.2) is 0 Å². The summed E-state index contributed by atoms with van der Waals surface area (Å²) in [6.45, 7) is 26.3. The van der Waals surface area contributed by atoms with E-state index < -0.39 is 17.9 Å². The van der Waals surface area contributed by atoms with Crippen LogP contribution in [0.15, 0.2) is 12.1 Å². The standard InChI is InChI=1S/C23H39NO8.C20H32O3/c1-7-13-30-19(26)10-11-21(28)32-17-15-22(2,3)24(23(4,5)16-17)12-14-31-20(27)9-8-18(25)29-6;1-8-11-23-17(21)10-9-14-12-15(19(2,3)4)18(22)16(13-14)20(5,6)7/h17H,7-16H2,1-6H3;12-13,22H,8-11H2,1-7H3. The number of rotatable bonds is 17. The molecule has 12 heteroatoms. The third-order valence-electron chi connectivity index (χ3n) is 9.42. The topological polar surface area (TPSA) is 155 Å². The number of hydrogen-bond acceptors (Lipinski definition) is 12. The maximum Gasteiger partial charge on any atom is 0.306 e. The molecule has 0 saturated carbocycles. The molecule has 0 amide bonds. The number of aryl methyl sites for hydroxylation is 1. The van der Waals surface area contributed by atoms with Crippen LogP contribution in [-0.4, -0.2) is 90.5 Å². The van der Waals surface area contributed by atoms with Crippen molar-refractivity contribution in [1.29, 1.82) is 0 Å². The smallest absolute Gasteiger partial charge is 0.306 e. The number of hydrogen-bond donors (Lipinski definition) is 1. The zero-order valence-electron chi connectivity index (χ0n) is 36.1. The maximum absolute atomic E-state index is 12.2. The van der Waals surface area contributed by atoms with Gasteiger partial charge in [0.2, 0.25) is 0 Å². The maximum atomic E-state index is 12.2. The van der Waals surface area contributed by atoms with E-state index in [1.165, 1.54) is 7.11 Å². The van der Waals surface area contributed by atoms with Crippen molar-refractivity contribution in [3.8, 4) is 5.75 Å². The van der Waals surface area contributed by atoms with Crippen LogP contribution in [0, 0.1) is 0 Å². The number of nitrogens with zero attached hydrogens (tertiary/aromatic N) is 1. The first-order chi connectivity index (χ1) is 25.4. The number of phenols is 1. The summed E-state index contributed by atoms with van der Waals surface area (Å²) in [6.07, 6.45) is 3.58. The van der Waals surface area contributed by atoms with Crippen molar-refractivity contribution >= 4 is 29.8 Å². The summed E-state index contributed by atoms with van der Waals surface area (Å²) >= 11 is 0. The lowest BCUT2D eigenvalue weighted by Gasteiger charge is -2.54. The molecule has 314 valence electrons. The van der Waals surface area contributed by atoms with Crippen LogP contribution in [0.4, 0.5) is 0 Å². The summed E-state index contributed by atoms with van der Waals surface area (Å²) in [5, 5.41) is 10.7. The highest BCUT2D eigenvalue weighted by Gasteiger charge is 2.46. The normalized spacial score (nSPS) is 15.6. The Morgan fingerprint density at radius 2 is 1.07 bits per heavy atom. The van der Waals surface area contributed by atoms with E-state index in [4.69, 9.17) is 18.9 Å². The minimum atomic E-state index is -0.446. The number of methoxy groups -OCH3 is 1. The molecule has 0 radical (unpaired) electrons. The molecule has 12 nitrogen and oxygen atoms in total. The minimum absolute atomic E-state index is 0.000588. The summed E-state index contributed by atoms with van der Waals surface area (Å²) in [5.41, 5.74) is 2.04. The molecule has 0 bridgehead atoms. The van der Waals surface area contributed by atoms with E-state index in [-0.39, 0.29) is 72.2 Å². The molecular weight excluding hydrogens is 706 g/mol. The van der Waals surface area contributed by atoms with Crippen molar-refractivity contribution in [2.45, 2.75) is 175 Å². The van der Waals surface area contributed by atoms with Crippen molar-refractivity contribution < 1.29 is 52.8 Å². The Morgan fingerprint density at radius 1 is 0.673 bits per heavy atom. The fourth-order valence-corrected chi connectivity index (χ4v) is 6.80. The summed E-state index contributed by atoms with van der Waals surface area (Å²) in [7, 11) is 1.28. The molecule has 0 aromatic heterocycles. The number of aromatic hydroxyl groups is 1. The van der Waals surface area contributed by atoms with Crippen LogP contribution in [0.2, 0.25) is 0 Å². The lowest BCUT2D eigenvalue weighted by molar-refractivity contribution is -0.164. The first-order valence-electron chi connectivity index (χ1n) is 19.8. The SMILES string of the molecule is CCCOC(=O)CCC(=O)OC1CC(C)(C)N(CCOC(=O)CCC(=O)OC)C(C)(C)C1.CCCOC(=O)CCc1cc(C(C)(C)C)c(O)c(C(C)(C)C)c1. The molecule has 0 unspecified atom stereocenters. The van der Waals surface area contributed by atoms with Crippen LogP contribution in [0.1, 0.15) is 158 Å². The molecule has 1 heterocycles. The van der Waals surface area contributed by atoms with E-state index >= 15 is 0 Å². The molecule has 1 aromatic carbocycles. The third kappa shape index (κ3) is 17.8. The van der Waals surface area contributed by atoms with E-state index in [0.717, 1.165) is 29.5 Å². The van der Waals surface area contributed by atoms with E-state index in [0.29, 0.717) is 51.2 Å². The van der Waals surface area contributed by atoms with Crippen LogP contribution in [0.3, 0.4) is 0 Å². The Bertz CT molecular complexity index is 1370. The summed E-state index contributed by atoms with van der Waals surface area (Å²) in [4.78, 5) is 60.8. The molecule has 0 atom stereocenters. The lowest BCUT2D eigenvalue weighted by Crippen LogP contribution is -2.63. The predicted molar refractivity (Wildman–Crippen MR) is 212 cm³/mol. The molecule has 1 N–H and O–H groups in total. The molecule has 55 heavy (non-hydrogen) atoms. The van der Waals surface area contributed by atoms with E-state index in [2.05, 4.69) is 78.9 Å². The Labute approximate surface area is 330 Å². The number of piperidine rings is 1. The second kappa shape index (κ2) is 22.2. The summed E-state index contributed by atoms with van der Waals surface area (Å²) < 4.78 is 25.6. The van der Waals surface area contributed by atoms with Gasteiger partial charge >= 0.3 is 29.8 Å². The van der Waals surface area contributed by atoms with Crippen LogP contribution in [-0.2, 0) is 64.9 Å². The largest absolute Gasteiger partial charge is 0.507 e. The van der Waals surface area contributed by atoms with Gasteiger partial charge in [0.1, 0.15) is 18.5 Å². The molecular formula is C43H71NO11. The van der Waals surface area contributed by atoms with E-state index in [9.17, 15) is 29.1 Å². The second-order valence-corrected chi connectivity index (χ2v) is 17.6. The summed E-state index contributed by atoms with van der Waals surface area (Å²) in [5.74, 6) is -1.45. The van der Waals surface area contributed by atoms with Crippen LogP contribution in [0.5, 0.6) is 5.75 Å². The number of ether oxygens (including phenoxy) is 5. The molecule has 1 aliphatic heterocycles. The predicted octanol–water partition coefficient (Wildman–Crippen LogP) is 7.65. The van der Waals surface area contributed by atoms with Crippen molar-refractivity contribution in [3.05, 3.63) is 28.8 Å². The molecule has 1 aliphatic rings. The number of phenolic OH excluding ortho intramolecular Hbond substituents is 1. The zero-order valence-corrected chi connectivity index (χ0v) is 36.1. The Kier molecular flexibility index (Phi) is 19.9. The monoisotopic (exact) mass is 778 g/mol. The number of carbonyl (C=O) groups is 5. The molecule has 1 saturated heterocycles. The number of likely N-dealkylation sites (tertiary alicyclic amines) is 1. The van der Waals surface area contributed by atoms with Gasteiger partial charge in [0, 0.05) is 36.9 Å². The van der Waals surface area contributed by atoms with Gasteiger partial charge in [-0.15, -0.1) is 0 Å². The number of benzene rings is 1. The Hall–Kier alpha value is -3.67. The number of carbonyl (C=O) groups excluding carboxylic acids is 5. The average Bonchev–Trinajstić information content (AvgIpc) is 3.07. The van der Waals surface area contributed by atoms with Crippen molar-refractivity contribution in [3.63, 3.8) is 0 Å². The highest BCUT2D eigenvalue weighted by Crippen LogP contribution is 2.41. The quantitative estimate of drug-likeness (QED) is 0.122. The van der Waals surface area contributed by atoms with Gasteiger partial charge in [-0.1, -0.05) is 67.5 Å². The van der Waals surface area contributed by atoms with Crippen molar-refractivity contribution in [2.24, 2.45) is 0 Å². The van der Waals surface area contributed by atoms with Crippen LogP contribution >= 0.6 is 0 Å². The van der Waals surface area contributed by atoms with Gasteiger partial charge in [-0.25, -0.2) is 0 Å². The fraction of sp³-hybridized carbons (Fsp3) is 0.744. The zero-order chi connectivity index (χ0) is 42.2. The van der Waals surface area contributed by atoms with E-state index in [1.807, 2.05) is 26.0 Å². The second-order valence-electron chi connectivity index (χ2n) is 17.6. The van der Waals surface area contributed by atoms with E-state index in [1.54, 1.807) is 0 Å². The molecule has 1 aromatic rings. The van der Waals surface area contributed by atoms with Gasteiger partial charge in [-0.2, -0.15) is 0 Å². The van der Waals surface area contributed by atoms with Gasteiger partial charge in [0.25, 0.3) is 0 Å². The highest BCUT2D eigenvalue weighted by atomic mass is 16.6. The van der Waals surface area contributed by atoms with Crippen LogP contribution in [0.25, 0.3) is 0 Å². The number of esters is 5. The lowest BCUT2D eigenvalue weighted by atomic mass is 9.78. The highest BCUT2D eigenvalue weighted by molar-refractivity contribution is 5.78. The minimum Gasteiger partial charge on any atom is -0.507 e. The molecule has 0 spiro atoms. The fourth-order valence-electron chi connectivity index (χ4n) is 6.80. The van der Waals surface area contributed by atoms with Crippen molar-refractivity contribution in [2.75, 3.05) is 33.5 Å². The summed E-state index contributed by atoms with van der Waals surface area (Å²) in [6, 6.07) is 4.05.